The Hall–Kier alpha value is -4.01. The zero-order valence-electron chi connectivity index (χ0n) is 22.1. The number of anilines is 1. The van der Waals surface area contributed by atoms with Gasteiger partial charge in [0.05, 0.1) is 18.4 Å². The van der Waals surface area contributed by atoms with Crippen LogP contribution < -0.4 is 9.64 Å². The van der Waals surface area contributed by atoms with Crippen LogP contribution >= 0.6 is 0 Å². The number of hydrogen-bond donors (Lipinski definition) is 0. The number of amides is 2. The number of aromatic nitrogens is 2. The van der Waals surface area contributed by atoms with Crippen LogP contribution in [0.4, 0.5) is 10.2 Å². The predicted molar refractivity (Wildman–Crippen MR) is 145 cm³/mol. The van der Waals surface area contributed by atoms with Crippen molar-refractivity contribution in [2.45, 2.75) is 20.3 Å². The standard InChI is InChI=1S/C29H34FN5O3/c1-21(2)19-35(29(37)24-7-4-5-8-25(24)30)20-28(36)34-16-6-15-33(17-18-34)27-14-13-26(31-32-27)22-9-11-23(38-3)12-10-22/h4-5,7-14,21H,6,15-20H2,1-3H3. The molecule has 1 aliphatic rings. The van der Waals surface area contributed by atoms with E-state index in [1.54, 1.807) is 24.1 Å². The van der Waals surface area contributed by atoms with E-state index in [1.807, 2.05) is 50.2 Å². The molecule has 0 saturated carbocycles. The lowest BCUT2D eigenvalue weighted by Crippen LogP contribution is -2.45. The zero-order chi connectivity index (χ0) is 27.1. The second kappa shape index (κ2) is 12.5. The van der Waals surface area contributed by atoms with Crippen molar-refractivity contribution in [3.8, 4) is 17.0 Å². The first-order chi connectivity index (χ1) is 18.4. The smallest absolute Gasteiger partial charge is 0.257 e. The van der Waals surface area contributed by atoms with E-state index >= 15 is 0 Å². The van der Waals surface area contributed by atoms with Crippen LogP contribution in [0.2, 0.25) is 0 Å². The summed E-state index contributed by atoms with van der Waals surface area (Å²) < 4.78 is 19.5. The molecule has 0 bridgehead atoms. The van der Waals surface area contributed by atoms with Gasteiger partial charge in [0.1, 0.15) is 18.1 Å². The molecule has 2 amide bonds. The highest BCUT2D eigenvalue weighted by Gasteiger charge is 2.26. The van der Waals surface area contributed by atoms with E-state index in [0.717, 1.165) is 35.8 Å². The summed E-state index contributed by atoms with van der Waals surface area (Å²) >= 11 is 0. The van der Waals surface area contributed by atoms with Gasteiger partial charge in [0, 0.05) is 38.3 Å². The number of nitrogens with zero attached hydrogens (tertiary/aromatic N) is 5. The first kappa shape index (κ1) is 27.0. The van der Waals surface area contributed by atoms with Gasteiger partial charge < -0.3 is 19.4 Å². The third kappa shape index (κ3) is 6.65. The normalized spacial score (nSPS) is 13.8. The van der Waals surface area contributed by atoms with E-state index < -0.39 is 11.7 Å². The van der Waals surface area contributed by atoms with Crippen LogP contribution in [0.25, 0.3) is 11.3 Å². The fourth-order valence-corrected chi connectivity index (χ4v) is 4.53. The Balaban J connectivity index is 1.38. The van der Waals surface area contributed by atoms with Crippen molar-refractivity contribution in [2.75, 3.05) is 51.3 Å². The number of ether oxygens (including phenoxy) is 1. The molecule has 1 saturated heterocycles. The number of hydrogen-bond acceptors (Lipinski definition) is 6. The van der Waals surface area contributed by atoms with E-state index in [0.29, 0.717) is 26.2 Å². The second-order valence-electron chi connectivity index (χ2n) is 9.79. The van der Waals surface area contributed by atoms with Crippen molar-refractivity contribution in [2.24, 2.45) is 5.92 Å². The molecule has 0 spiro atoms. The fourth-order valence-electron chi connectivity index (χ4n) is 4.53. The molecule has 0 aliphatic carbocycles. The van der Waals surface area contributed by atoms with Crippen LogP contribution in [0.3, 0.4) is 0 Å². The van der Waals surface area contributed by atoms with Gasteiger partial charge in [-0.1, -0.05) is 26.0 Å². The van der Waals surface area contributed by atoms with E-state index in [-0.39, 0.29) is 23.9 Å². The van der Waals surface area contributed by atoms with Gasteiger partial charge in [-0.25, -0.2) is 4.39 Å². The van der Waals surface area contributed by atoms with Crippen LogP contribution in [0.5, 0.6) is 5.75 Å². The van der Waals surface area contributed by atoms with Gasteiger partial charge in [0.2, 0.25) is 5.91 Å². The van der Waals surface area contributed by atoms with Crippen molar-refractivity contribution >= 4 is 17.6 Å². The number of rotatable bonds is 8. The molecular weight excluding hydrogens is 485 g/mol. The average Bonchev–Trinajstić information content (AvgIpc) is 3.19. The number of carbonyl (C=O) groups is 2. The van der Waals surface area contributed by atoms with Crippen molar-refractivity contribution < 1.29 is 18.7 Å². The average molecular weight is 520 g/mol. The van der Waals surface area contributed by atoms with Crippen LogP contribution in [0.15, 0.2) is 60.7 Å². The molecule has 0 N–H and O–H groups in total. The first-order valence-electron chi connectivity index (χ1n) is 12.9. The largest absolute Gasteiger partial charge is 0.497 e. The molecule has 1 aliphatic heterocycles. The van der Waals surface area contributed by atoms with Gasteiger partial charge in [0.15, 0.2) is 5.82 Å². The summed E-state index contributed by atoms with van der Waals surface area (Å²) in [6, 6.07) is 17.4. The van der Waals surface area contributed by atoms with E-state index in [1.165, 1.54) is 17.0 Å². The highest BCUT2D eigenvalue weighted by atomic mass is 19.1. The molecule has 0 atom stereocenters. The maximum Gasteiger partial charge on any atom is 0.257 e. The number of carbonyl (C=O) groups excluding carboxylic acids is 2. The Bertz CT molecular complexity index is 1230. The molecule has 2 aromatic carbocycles. The molecule has 8 nitrogen and oxygen atoms in total. The van der Waals surface area contributed by atoms with Gasteiger partial charge in [-0.3, -0.25) is 9.59 Å². The zero-order valence-corrected chi connectivity index (χ0v) is 22.1. The Morgan fingerprint density at radius 2 is 1.74 bits per heavy atom. The van der Waals surface area contributed by atoms with Gasteiger partial charge in [-0.05, 0) is 60.9 Å². The number of methoxy groups -OCH3 is 1. The summed E-state index contributed by atoms with van der Waals surface area (Å²) in [5.74, 6) is 0.492. The molecule has 0 radical (unpaired) electrons. The molecule has 0 unspecified atom stereocenters. The summed E-state index contributed by atoms with van der Waals surface area (Å²) in [6.45, 7) is 6.66. The lowest BCUT2D eigenvalue weighted by Gasteiger charge is -2.28. The Morgan fingerprint density at radius 3 is 2.39 bits per heavy atom. The van der Waals surface area contributed by atoms with E-state index in [9.17, 15) is 14.0 Å². The lowest BCUT2D eigenvalue weighted by molar-refractivity contribution is -0.131. The number of benzene rings is 2. The van der Waals surface area contributed by atoms with Crippen molar-refractivity contribution in [3.05, 3.63) is 72.0 Å². The maximum absolute atomic E-state index is 14.3. The molecule has 4 rings (SSSR count). The molecule has 38 heavy (non-hydrogen) atoms. The lowest BCUT2D eigenvalue weighted by atomic mass is 10.1. The minimum atomic E-state index is -0.580. The third-order valence-corrected chi connectivity index (χ3v) is 6.51. The number of halogens is 1. The second-order valence-corrected chi connectivity index (χ2v) is 9.79. The monoisotopic (exact) mass is 519 g/mol. The summed E-state index contributed by atoms with van der Waals surface area (Å²) in [4.78, 5) is 31.7. The highest BCUT2D eigenvalue weighted by molar-refractivity contribution is 5.96. The Labute approximate surface area is 223 Å². The third-order valence-electron chi connectivity index (χ3n) is 6.51. The molecule has 1 aromatic heterocycles. The van der Waals surface area contributed by atoms with Gasteiger partial charge in [-0.15, -0.1) is 10.2 Å². The van der Waals surface area contributed by atoms with Crippen molar-refractivity contribution in [3.63, 3.8) is 0 Å². The topological polar surface area (TPSA) is 78.9 Å². The predicted octanol–water partition coefficient (Wildman–Crippen LogP) is 4.13. The van der Waals surface area contributed by atoms with Crippen molar-refractivity contribution in [1.82, 2.24) is 20.0 Å². The Morgan fingerprint density at radius 1 is 0.974 bits per heavy atom. The maximum atomic E-state index is 14.3. The first-order valence-corrected chi connectivity index (χ1v) is 12.9. The molecule has 3 aromatic rings. The quantitative estimate of drug-likeness (QED) is 0.445. The molecule has 2 heterocycles. The molecule has 1 fully saturated rings. The summed E-state index contributed by atoms with van der Waals surface area (Å²) in [5, 5.41) is 8.83. The Kier molecular flexibility index (Phi) is 8.89. The fraction of sp³-hybridized carbons (Fsp3) is 0.379. The van der Waals surface area contributed by atoms with Gasteiger partial charge in [0.25, 0.3) is 5.91 Å². The van der Waals surface area contributed by atoms with Crippen molar-refractivity contribution in [1.29, 1.82) is 0 Å². The summed E-state index contributed by atoms with van der Waals surface area (Å²) in [7, 11) is 1.63. The van der Waals surface area contributed by atoms with Crippen LogP contribution in [0.1, 0.15) is 30.6 Å². The minimum absolute atomic E-state index is 0.0142. The van der Waals surface area contributed by atoms with E-state index in [4.69, 9.17) is 4.74 Å². The summed E-state index contributed by atoms with van der Waals surface area (Å²) in [6.07, 6.45) is 0.763. The summed E-state index contributed by atoms with van der Waals surface area (Å²) in [5.41, 5.74) is 1.71. The SMILES string of the molecule is COc1ccc(-c2ccc(N3CCCN(C(=O)CN(CC(C)C)C(=O)c4ccccc4F)CC3)nn2)cc1. The minimum Gasteiger partial charge on any atom is -0.497 e. The molecular formula is C29H34FN5O3. The van der Waals surface area contributed by atoms with Crippen LogP contribution in [-0.4, -0.2) is 78.2 Å². The van der Waals surface area contributed by atoms with Crippen LogP contribution in [-0.2, 0) is 4.79 Å². The molecule has 200 valence electrons. The molecule has 9 heteroatoms. The van der Waals surface area contributed by atoms with Gasteiger partial charge in [-0.2, -0.15) is 0 Å². The van der Waals surface area contributed by atoms with Gasteiger partial charge >= 0.3 is 0 Å². The highest BCUT2D eigenvalue weighted by Crippen LogP contribution is 2.22. The van der Waals surface area contributed by atoms with E-state index in [2.05, 4.69) is 15.1 Å². The van der Waals surface area contributed by atoms with Crippen LogP contribution in [0, 0.1) is 11.7 Å².